The molecule has 0 amide bonds. The van der Waals surface area contributed by atoms with Crippen LogP contribution in [0, 0.1) is 5.92 Å². The van der Waals surface area contributed by atoms with Gasteiger partial charge in [0, 0.05) is 5.92 Å². The first-order valence-corrected chi connectivity index (χ1v) is 5.74. The summed E-state index contributed by atoms with van der Waals surface area (Å²) in [5.74, 6) is 2.00. The van der Waals surface area contributed by atoms with Crippen LogP contribution < -0.4 is 4.74 Å². The zero-order valence-electron chi connectivity index (χ0n) is 9.06. The molecule has 1 aromatic rings. The lowest BCUT2D eigenvalue weighted by Crippen LogP contribution is -2.28. The third-order valence-electron chi connectivity index (χ3n) is 3.63. The first-order chi connectivity index (χ1) is 7.88. The number of benzene rings is 1. The maximum absolute atomic E-state index is 10.8. The fraction of sp³-hybridized carbons (Fsp3) is 0.357. The van der Waals surface area contributed by atoms with Crippen LogP contribution in [0.5, 0.6) is 5.75 Å². The van der Waals surface area contributed by atoms with Crippen molar-refractivity contribution in [3.05, 3.63) is 41.5 Å². The van der Waals surface area contributed by atoms with Crippen molar-refractivity contribution < 1.29 is 9.53 Å². The molecule has 0 fully saturated rings. The summed E-state index contributed by atoms with van der Waals surface area (Å²) in [6, 6.07) is 8.19. The van der Waals surface area contributed by atoms with Crippen LogP contribution in [0.15, 0.2) is 35.9 Å². The standard InChI is InChI=1S/C14H14O2/c15-8-10-5-6-11-9-16-14-4-2-1-3-12(14)13(11)7-10/h1-5,8,11,13H,6-7,9H2. The summed E-state index contributed by atoms with van der Waals surface area (Å²) in [5.41, 5.74) is 2.21. The molecule has 1 heterocycles. The van der Waals surface area contributed by atoms with E-state index >= 15 is 0 Å². The Balaban J connectivity index is 1.99. The van der Waals surface area contributed by atoms with E-state index in [4.69, 9.17) is 4.74 Å². The van der Waals surface area contributed by atoms with E-state index in [0.29, 0.717) is 11.8 Å². The average Bonchev–Trinajstić information content (AvgIpc) is 2.38. The van der Waals surface area contributed by atoms with Crippen LogP contribution in [0.4, 0.5) is 0 Å². The lowest BCUT2D eigenvalue weighted by molar-refractivity contribution is -0.105. The molecule has 2 heteroatoms. The molecule has 0 radical (unpaired) electrons. The largest absolute Gasteiger partial charge is 0.493 e. The molecule has 0 spiro atoms. The van der Waals surface area contributed by atoms with Gasteiger partial charge in [-0.15, -0.1) is 0 Å². The zero-order valence-corrected chi connectivity index (χ0v) is 9.06. The van der Waals surface area contributed by atoms with Gasteiger partial charge in [0.25, 0.3) is 0 Å². The Kier molecular flexibility index (Phi) is 2.28. The Morgan fingerprint density at radius 1 is 1.31 bits per heavy atom. The van der Waals surface area contributed by atoms with Crippen molar-refractivity contribution in [2.24, 2.45) is 5.92 Å². The summed E-state index contributed by atoms with van der Waals surface area (Å²) >= 11 is 0. The third kappa shape index (κ3) is 1.45. The topological polar surface area (TPSA) is 26.3 Å². The summed E-state index contributed by atoms with van der Waals surface area (Å²) in [7, 11) is 0. The molecule has 2 aliphatic rings. The minimum absolute atomic E-state index is 0.468. The van der Waals surface area contributed by atoms with Gasteiger partial charge in [-0.1, -0.05) is 24.3 Å². The number of aldehydes is 1. The van der Waals surface area contributed by atoms with Crippen LogP contribution in [0.3, 0.4) is 0 Å². The van der Waals surface area contributed by atoms with Crippen molar-refractivity contribution in [2.45, 2.75) is 18.8 Å². The second-order valence-electron chi connectivity index (χ2n) is 4.55. The van der Waals surface area contributed by atoms with Gasteiger partial charge in [0.05, 0.1) is 6.61 Å². The van der Waals surface area contributed by atoms with Crippen molar-refractivity contribution in [3.8, 4) is 5.75 Å². The first kappa shape index (κ1) is 9.64. The minimum Gasteiger partial charge on any atom is -0.493 e. The molecule has 0 N–H and O–H groups in total. The summed E-state index contributed by atoms with van der Waals surface area (Å²) in [5, 5.41) is 0. The van der Waals surface area contributed by atoms with Crippen LogP contribution in [0.2, 0.25) is 0 Å². The molecular formula is C14H14O2. The fourth-order valence-electron chi connectivity index (χ4n) is 2.73. The molecule has 0 aromatic heterocycles. The number of para-hydroxylation sites is 1. The maximum atomic E-state index is 10.8. The highest BCUT2D eigenvalue weighted by Crippen LogP contribution is 2.44. The number of hydrogen-bond acceptors (Lipinski definition) is 2. The second kappa shape index (κ2) is 3.78. The Labute approximate surface area is 94.9 Å². The van der Waals surface area contributed by atoms with Gasteiger partial charge < -0.3 is 4.74 Å². The quantitative estimate of drug-likeness (QED) is 0.672. The molecular weight excluding hydrogens is 200 g/mol. The molecule has 2 unspecified atom stereocenters. The number of carbonyl (C=O) groups is 1. The van der Waals surface area contributed by atoms with Crippen molar-refractivity contribution in [3.63, 3.8) is 0 Å². The van der Waals surface area contributed by atoms with Crippen molar-refractivity contribution in [1.29, 1.82) is 0 Å². The molecule has 2 nitrogen and oxygen atoms in total. The van der Waals surface area contributed by atoms with Crippen LogP contribution >= 0.6 is 0 Å². The summed E-state index contributed by atoms with van der Waals surface area (Å²) < 4.78 is 5.74. The highest BCUT2D eigenvalue weighted by Gasteiger charge is 2.32. The van der Waals surface area contributed by atoms with Crippen molar-refractivity contribution >= 4 is 6.29 Å². The van der Waals surface area contributed by atoms with E-state index in [-0.39, 0.29) is 0 Å². The maximum Gasteiger partial charge on any atom is 0.145 e. The first-order valence-electron chi connectivity index (χ1n) is 5.74. The Bertz CT molecular complexity index is 448. The van der Waals surface area contributed by atoms with Gasteiger partial charge in [0.15, 0.2) is 0 Å². The van der Waals surface area contributed by atoms with E-state index in [1.54, 1.807) is 0 Å². The molecule has 16 heavy (non-hydrogen) atoms. The lowest BCUT2D eigenvalue weighted by Gasteiger charge is -2.35. The summed E-state index contributed by atoms with van der Waals surface area (Å²) in [4.78, 5) is 10.8. The molecule has 1 aliphatic heterocycles. The van der Waals surface area contributed by atoms with Crippen LogP contribution in [0.25, 0.3) is 0 Å². The molecule has 1 aliphatic carbocycles. The van der Waals surface area contributed by atoms with E-state index < -0.39 is 0 Å². The normalized spacial score (nSPS) is 27.1. The molecule has 0 saturated heterocycles. The van der Waals surface area contributed by atoms with Gasteiger partial charge in [-0.05, 0) is 36.0 Å². The Morgan fingerprint density at radius 3 is 3.06 bits per heavy atom. The van der Waals surface area contributed by atoms with Gasteiger partial charge in [-0.25, -0.2) is 0 Å². The summed E-state index contributed by atoms with van der Waals surface area (Å²) in [6.45, 7) is 0.782. The Morgan fingerprint density at radius 2 is 2.19 bits per heavy atom. The van der Waals surface area contributed by atoms with Crippen LogP contribution in [0.1, 0.15) is 24.3 Å². The molecule has 1 aromatic carbocycles. The van der Waals surface area contributed by atoms with Gasteiger partial charge in [0.2, 0.25) is 0 Å². The number of allylic oxidation sites excluding steroid dienone is 2. The second-order valence-corrected chi connectivity index (χ2v) is 4.55. The lowest BCUT2D eigenvalue weighted by atomic mass is 9.75. The number of fused-ring (bicyclic) bond motifs is 3. The molecule has 2 atom stereocenters. The predicted molar refractivity (Wildman–Crippen MR) is 61.5 cm³/mol. The number of ether oxygens (including phenoxy) is 1. The summed E-state index contributed by atoms with van der Waals surface area (Å²) in [6.07, 6.45) is 4.89. The van der Waals surface area contributed by atoms with Gasteiger partial charge in [-0.3, -0.25) is 4.79 Å². The third-order valence-corrected chi connectivity index (χ3v) is 3.63. The number of rotatable bonds is 1. The molecule has 82 valence electrons. The minimum atomic E-state index is 0.468. The highest BCUT2D eigenvalue weighted by atomic mass is 16.5. The van der Waals surface area contributed by atoms with E-state index in [1.165, 1.54) is 5.56 Å². The van der Waals surface area contributed by atoms with E-state index in [1.807, 2.05) is 18.2 Å². The predicted octanol–water partition coefficient (Wildman–Crippen LogP) is 2.70. The molecule has 0 saturated carbocycles. The SMILES string of the molecule is O=CC1=CCC2COc3ccccc3C2C1. The monoisotopic (exact) mass is 214 g/mol. The van der Waals surface area contributed by atoms with Crippen molar-refractivity contribution in [1.82, 2.24) is 0 Å². The van der Waals surface area contributed by atoms with Crippen LogP contribution in [-0.2, 0) is 4.79 Å². The van der Waals surface area contributed by atoms with E-state index in [9.17, 15) is 4.79 Å². The number of carbonyl (C=O) groups excluding carboxylic acids is 1. The van der Waals surface area contributed by atoms with Gasteiger partial charge in [-0.2, -0.15) is 0 Å². The van der Waals surface area contributed by atoms with Gasteiger partial charge in [0.1, 0.15) is 12.0 Å². The highest BCUT2D eigenvalue weighted by molar-refractivity contribution is 5.74. The average molecular weight is 214 g/mol. The van der Waals surface area contributed by atoms with Crippen LogP contribution in [-0.4, -0.2) is 12.9 Å². The zero-order chi connectivity index (χ0) is 11.0. The number of hydrogen-bond donors (Lipinski definition) is 0. The smallest absolute Gasteiger partial charge is 0.145 e. The van der Waals surface area contributed by atoms with Crippen molar-refractivity contribution in [2.75, 3.05) is 6.61 Å². The molecule has 0 bridgehead atoms. The van der Waals surface area contributed by atoms with E-state index in [2.05, 4.69) is 12.1 Å². The Hall–Kier alpha value is -1.57. The van der Waals surface area contributed by atoms with E-state index in [0.717, 1.165) is 37.1 Å². The fourth-order valence-corrected chi connectivity index (χ4v) is 2.73. The molecule has 3 rings (SSSR count). The van der Waals surface area contributed by atoms with Gasteiger partial charge >= 0.3 is 0 Å².